The number of rotatable bonds is 10. The van der Waals surface area contributed by atoms with Gasteiger partial charge in [0.1, 0.15) is 19.2 Å². The van der Waals surface area contributed by atoms with Crippen molar-refractivity contribution in [3.05, 3.63) is 40.8 Å². The van der Waals surface area contributed by atoms with Crippen LogP contribution in [-0.2, 0) is 25.7 Å². The number of nitroso groups, excluding NO2 is 1. The number of carboxylic acid groups (broad SMARTS) is 1. The largest absolute Gasteiger partial charge is 0.480 e. The van der Waals surface area contributed by atoms with E-state index in [1.807, 2.05) is 0 Å². The van der Waals surface area contributed by atoms with Gasteiger partial charge >= 0.3 is 12.1 Å². The first-order valence-corrected chi connectivity index (χ1v) is 7.66. The Morgan fingerprint density at radius 3 is 2.42 bits per heavy atom. The fourth-order valence-electron chi connectivity index (χ4n) is 1.97. The second-order valence-corrected chi connectivity index (χ2v) is 5.35. The monoisotopic (exact) mass is 365 g/mol. The molecule has 0 aliphatic heterocycles. The van der Waals surface area contributed by atoms with Crippen molar-refractivity contribution in [2.45, 2.75) is 32.4 Å². The van der Waals surface area contributed by atoms with Crippen molar-refractivity contribution in [2.75, 3.05) is 6.54 Å². The van der Waals surface area contributed by atoms with Crippen LogP contribution in [-0.4, -0.2) is 46.5 Å². The minimum Gasteiger partial charge on any atom is -0.480 e. The Morgan fingerprint density at radius 2 is 1.88 bits per heavy atom. The molecule has 26 heavy (non-hydrogen) atoms. The van der Waals surface area contributed by atoms with Gasteiger partial charge in [0.25, 0.3) is 0 Å². The second kappa shape index (κ2) is 10.5. The molecule has 0 bridgehead atoms. The third-order valence-corrected chi connectivity index (χ3v) is 3.23. The normalized spacial score (nSPS) is 11.1. The lowest BCUT2D eigenvalue weighted by molar-refractivity contribution is -0.141. The second-order valence-electron chi connectivity index (χ2n) is 5.35. The van der Waals surface area contributed by atoms with Crippen molar-refractivity contribution >= 4 is 23.8 Å². The third-order valence-electron chi connectivity index (χ3n) is 3.23. The van der Waals surface area contributed by atoms with E-state index in [-0.39, 0.29) is 19.4 Å². The van der Waals surface area contributed by atoms with Gasteiger partial charge in [-0.05, 0) is 12.0 Å². The lowest BCUT2D eigenvalue weighted by Gasteiger charge is -2.15. The summed E-state index contributed by atoms with van der Waals surface area (Å²) >= 11 is 0. The van der Waals surface area contributed by atoms with Crippen molar-refractivity contribution in [2.24, 2.45) is 5.29 Å². The molecular formula is C16H19N3O7. The number of carbonyl (C=O) groups is 4. The minimum absolute atomic E-state index is 0.0937. The van der Waals surface area contributed by atoms with Gasteiger partial charge < -0.3 is 15.2 Å². The van der Waals surface area contributed by atoms with Crippen LogP contribution in [0.5, 0.6) is 0 Å². The van der Waals surface area contributed by atoms with E-state index in [1.54, 1.807) is 30.3 Å². The lowest BCUT2D eigenvalue weighted by atomic mass is 10.1. The number of Topliss-reactive ketones (excluding diaryl/α,β-unsaturated/α-hetero) is 1. The van der Waals surface area contributed by atoms with Gasteiger partial charge in [-0.3, -0.25) is 9.59 Å². The Labute approximate surface area is 149 Å². The van der Waals surface area contributed by atoms with Gasteiger partial charge in [-0.25, -0.2) is 9.59 Å². The molecule has 0 saturated carbocycles. The van der Waals surface area contributed by atoms with Gasteiger partial charge in [-0.2, -0.15) is 5.01 Å². The molecule has 1 unspecified atom stereocenters. The number of carbonyl (C=O) groups excluding carboxylic acids is 3. The molecular weight excluding hydrogens is 346 g/mol. The minimum atomic E-state index is -1.29. The van der Waals surface area contributed by atoms with Crippen LogP contribution in [0.15, 0.2) is 35.6 Å². The number of hydrogen-bond acceptors (Lipinski definition) is 7. The fourth-order valence-corrected chi connectivity index (χ4v) is 1.97. The van der Waals surface area contributed by atoms with Gasteiger partial charge in [0, 0.05) is 13.3 Å². The zero-order valence-corrected chi connectivity index (χ0v) is 14.1. The van der Waals surface area contributed by atoms with E-state index in [1.165, 1.54) is 0 Å². The van der Waals surface area contributed by atoms with Crippen LogP contribution < -0.4 is 5.32 Å². The van der Waals surface area contributed by atoms with Crippen LogP contribution in [0.25, 0.3) is 0 Å². The highest BCUT2D eigenvalue weighted by molar-refractivity contribution is 5.86. The molecule has 1 aromatic rings. The van der Waals surface area contributed by atoms with Gasteiger partial charge in [0.05, 0.1) is 5.29 Å². The summed E-state index contributed by atoms with van der Waals surface area (Å²) in [5, 5.41) is 13.9. The number of ether oxygens (including phenoxy) is 1. The number of amides is 2. The third kappa shape index (κ3) is 7.51. The van der Waals surface area contributed by atoms with Crippen LogP contribution >= 0.6 is 0 Å². The predicted octanol–water partition coefficient (Wildman–Crippen LogP) is 1.25. The Balaban J connectivity index is 2.48. The summed E-state index contributed by atoms with van der Waals surface area (Å²) in [4.78, 5) is 56.3. The van der Waals surface area contributed by atoms with Crippen LogP contribution in [0.1, 0.15) is 25.3 Å². The van der Waals surface area contributed by atoms with E-state index in [0.717, 1.165) is 6.92 Å². The molecule has 1 aromatic carbocycles. The number of nitrogens with zero attached hydrogens (tertiary/aromatic N) is 2. The van der Waals surface area contributed by atoms with Crippen molar-refractivity contribution in [3.63, 3.8) is 0 Å². The van der Waals surface area contributed by atoms with E-state index in [4.69, 9.17) is 9.84 Å². The van der Waals surface area contributed by atoms with Gasteiger partial charge in [-0.15, -0.1) is 4.91 Å². The van der Waals surface area contributed by atoms with E-state index in [0.29, 0.717) is 10.6 Å². The molecule has 2 N–H and O–H groups in total. The summed E-state index contributed by atoms with van der Waals surface area (Å²) in [5.41, 5.74) is 0.692. The molecule has 0 aromatic heterocycles. The quantitative estimate of drug-likeness (QED) is 0.469. The Morgan fingerprint density at radius 1 is 1.23 bits per heavy atom. The first-order chi connectivity index (χ1) is 12.3. The molecule has 0 fully saturated rings. The SMILES string of the molecule is CC(=O)NC(CCC(=O)CN(N=O)C(=O)OCc1ccccc1)C(=O)O. The van der Waals surface area contributed by atoms with Crippen molar-refractivity contribution in [1.29, 1.82) is 0 Å². The summed E-state index contributed by atoms with van der Waals surface area (Å²) in [6.45, 7) is 0.408. The molecule has 10 heteroatoms. The average Bonchev–Trinajstić information content (AvgIpc) is 2.61. The molecule has 1 rings (SSSR count). The number of carboxylic acids is 1. The zero-order chi connectivity index (χ0) is 19.5. The Kier molecular flexibility index (Phi) is 8.41. The summed E-state index contributed by atoms with van der Waals surface area (Å²) in [5.74, 6) is -2.44. The van der Waals surface area contributed by atoms with Crippen molar-refractivity contribution < 1.29 is 29.0 Å². The Bertz CT molecular complexity index is 663. The van der Waals surface area contributed by atoms with Crippen molar-refractivity contribution in [1.82, 2.24) is 10.3 Å². The van der Waals surface area contributed by atoms with E-state index in [9.17, 15) is 24.1 Å². The zero-order valence-electron chi connectivity index (χ0n) is 14.1. The fraction of sp³-hybridized carbons (Fsp3) is 0.375. The summed E-state index contributed by atoms with van der Waals surface area (Å²) in [6, 6.07) is 7.47. The van der Waals surface area contributed by atoms with Gasteiger partial charge in [0.15, 0.2) is 5.78 Å². The molecule has 0 spiro atoms. The summed E-state index contributed by atoms with van der Waals surface area (Å²) in [7, 11) is 0. The van der Waals surface area contributed by atoms with E-state index < -0.39 is 36.3 Å². The maximum atomic E-state index is 11.8. The molecule has 0 saturated heterocycles. The van der Waals surface area contributed by atoms with E-state index in [2.05, 4.69) is 10.6 Å². The number of hydrogen-bond donors (Lipinski definition) is 2. The molecule has 0 heterocycles. The first kappa shape index (κ1) is 20.7. The van der Waals surface area contributed by atoms with Gasteiger partial charge in [-0.1, -0.05) is 30.3 Å². The van der Waals surface area contributed by atoms with E-state index >= 15 is 0 Å². The molecule has 0 radical (unpaired) electrons. The standard InChI is InChI=1S/C16H19N3O7/c1-11(20)17-14(15(22)23)8-7-13(21)9-19(18-25)16(24)26-10-12-5-3-2-4-6-12/h2-6,14H,7-10H2,1H3,(H,17,20)(H,22,23). The molecule has 0 aliphatic carbocycles. The molecule has 10 nitrogen and oxygen atoms in total. The Hall–Kier alpha value is -3.30. The average molecular weight is 365 g/mol. The summed E-state index contributed by atoms with van der Waals surface area (Å²) < 4.78 is 4.89. The number of benzene rings is 1. The van der Waals surface area contributed by atoms with Crippen LogP contribution in [0.4, 0.5) is 4.79 Å². The van der Waals surface area contributed by atoms with Gasteiger partial charge in [0.2, 0.25) is 5.91 Å². The number of nitrogens with one attached hydrogen (secondary N) is 1. The predicted molar refractivity (Wildman–Crippen MR) is 88.6 cm³/mol. The van der Waals surface area contributed by atoms with Crippen LogP contribution in [0, 0.1) is 4.91 Å². The molecule has 140 valence electrons. The van der Waals surface area contributed by atoms with Crippen molar-refractivity contribution in [3.8, 4) is 0 Å². The smallest absolute Gasteiger partial charge is 0.433 e. The lowest BCUT2D eigenvalue weighted by Crippen LogP contribution is -2.40. The number of aliphatic carboxylic acids is 1. The topological polar surface area (TPSA) is 142 Å². The summed E-state index contributed by atoms with van der Waals surface area (Å²) in [6.07, 6.45) is -1.54. The maximum absolute atomic E-state index is 11.8. The molecule has 2 amide bonds. The molecule has 1 atom stereocenters. The number of ketones is 1. The maximum Gasteiger partial charge on any atom is 0.433 e. The highest BCUT2D eigenvalue weighted by Crippen LogP contribution is 2.06. The van der Waals surface area contributed by atoms with Crippen LogP contribution in [0.2, 0.25) is 0 Å². The highest BCUT2D eigenvalue weighted by Gasteiger charge is 2.23. The van der Waals surface area contributed by atoms with Crippen LogP contribution in [0.3, 0.4) is 0 Å². The highest BCUT2D eigenvalue weighted by atomic mass is 16.6. The first-order valence-electron chi connectivity index (χ1n) is 7.66. The molecule has 0 aliphatic rings.